The SMILES string of the molecule is O=C([O-])COc1ccc2c(c1)Cc1sc(=S)[nH]c1-2. The van der Waals surface area contributed by atoms with E-state index in [4.69, 9.17) is 17.0 Å². The summed E-state index contributed by atoms with van der Waals surface area (Å²) in [5.74, 6) is -0.676. The Labute approximate surface area is 112 Å². The maximum absolute atomic E-state index is 10.3. The van der Waals surface area contributed by atoms with Crippen LogP contribution in [0.15, 0.2) is 18.2 Å². The number of nitrogens with one attached hydrogen (secondary N) is 1. The molecule has 2 aromatic rings. The molecule has 0 bridgehead atoms. The summed E-state index contributed by atoms with van der Waals surface area (Å²) in [6, 6.07) is 5.54. The highest BCUT2D eigenvalue weighted by molar-refractivity contribution is 7.73. The number of aromatic nitrogens is 1. The fourth-order valence-electron chi connectivity index (χ4n) is 2.07. The summed E-state index contributed by atoms with van der Waals surface area (Å²) in [5.41, 5.74) is 3.31. The Bertz CT molecular complexity index is 687. The molecule has 6 heteroatoms. The molecular formula is C12H8NO3S2-. The van der Waals surface area contributed by atoms with Gasteiger partial charge in [0.1, 0.15) is 12.4 Å². The van der Waals surface area contributed by atoms with Gasteiger partial charge in [-0.15, -0.1) is 11.3 Å². The molecule has 3 rings (SSSR count). The summed E-state index contributed by atoms with van der Waals surface area (Å²) in [6.07, 6.45) is 0.811. The molecule has 1 aromatic carbocycles. The highest BCUT2D eigenvalue weighted by atomic mass is 32.1. The number of ether oxygens (including phenoxy) is 1. The molecular weight excluding hydrogens is 270 g/mol. The molecule has 92 valence electrons. The van der Waals surface area contributed by atoms with Gasteiger partial charge >= 0.3 is 0 Å². The van der Waals surface area contributed by atoms with Crippen LogP contribution in [0.25, 0.3) is 11.3 Å². The van der Waals surface area contributed by atoms with Crippen LogP contribution >= 0.6 is 23.6 Å². The number of fused-ring (bicyclic) bond motifs is 3. The van der Waals surface area contributed by atoms with E-state index in [1.165, 1.54) is 4.88 Å². The number of rotatable bonds is 3. The van der Waals surface area contributed by atoms with E-state index >= 15 is 0 Å². The molecule has 0 saturated carbocycles. The fraction of sp³-hybridized carbons (Fsp3) is 0.167. The molecule has 0 unspecified atom stereocenters. The first-order valence-electron chi connectivity index (χ1n) is 5.31. The average Bonchev–Trinajstić information content (AvgIpc) is 2.81. The van der Waals surface area contributed by atoms with Crippen molar-refractivity contribution in [2.45, 2.75) is 6.42 Å². The van der Waals surface area contributed by atoms with Crippen LogP contribution in [0.5, 0.6) is 5.75 Å². The van der Waals surface area contributed by atoms with Crippen molar-refractivity contribution in [2.24, 2.45) is 0 Å². The number of H-pyrrole nitrogens is 1. The molecule has 0 aliphatic heterocycles. The first-order valence-corrected chi connectivity index (χ1v) is 6.54. The van der Waals surface area contributed by atoms with Crippen LogP contribution in [-0.2, 0) is 11.2 Å². The van der Waals surface area contributed by atoms with Gasteiger partial charge in [0.2, 0.25) is 0 Å². The third-order valence-corrected chi connectivity index (χ3v) is 4.01. The van der Waals surface area contributed by atoms with Crippen LogP contribution < -0.4 is 9.84 Å². The van der Waals surface area contributed by atoms with Crippen molar-refractivity contribution >= 4 is 29.5 Å². The standard InChI is InChI=1S/C12H9NO3S2/c14-10(15)5-16-7-1-2-8-6(3-7)4-9-11(8)13-12(17)18-9/h1-3H,4-5H2,(H,13,17)(H,14,15)/p-1. The van der Waals surface area contributed by atoms with E-state index in [0.29, 0.717) is 5.75 Å². The van der Waals surface area contributed by atoms with Gasteiger partial charge < -0.3 is 19.6 Å². The molecule has 1 aliphatic rings. The third kappa shape index (κ3) is 1.93. The second-order valence-electron chi connectivity index (χ2n) is 3.97. The van der Waals surface area contributed by atoms with Gasteiger partial charge in [0.05, 0.1) is 11.7 Å². The van der Waals surface area contributed by atoms with Crippen LogP contribution in [0.1, 0.15) is 10.4 Å². The number of aromatic amines is 1. The Hall–Kier alpha value is -1.66. The summed E-state index contributed by atoms with van der Waals surface area (Å²) in [5, 5.41) is 10.3. The lowest BCUT2D eigenvalue weighted by Gasteiger charge is -2.08. The molecule has 1 heterocycles. The predicted octanol–water partition coefficient (Wildman–Crippen LogP) is 1.51. The summed E-state index contributed by atoms with van der Waals surface area (Å²) < 4.78 is 5.88. The van der Waals surface area contributed by atoms with Gasteiger partial charge in [0.25, 0.3) is 0 Å². The Morgan fingerprint density at radius 2 is 2.39 bits per heavy atom. The lowest BCUT2D eigenvalue weighted by molar-refractivity contribution is -0.307. The molecule has 18 heavy (non-hydrogen) atoms. The summed E-state index contributed by atoms with van der Waals surface area (Å²) in [6.45, 7) is -0.428. The van der Waals surface area contributed by atoms with Gasteiger partial charge in [-0.25, -0.2) is 0 Å². The quantitative estimate of drug-likeness (QED) is 0.737. The van der Waals surface area contributed by atoms with E-state index in [2.05, 4.69) is 4.98 Å². The minimum Gasteiger partial charge on any atom is -0.546 e. The predicted molar refractivity (Wildman–Crippen MR) is 68.2 cm³/mol. The highest BCUT2D eigenvalue weighted by Gasteiger charge is 2.21. The van der Waals surface area contributed by atoms with E-state index in [0.717, 1.165) is 27.2 Å². The molecule has 4 nitrogen and oxygen atoms in total. The zero-order valence-electron chi connectivity index (χ0n) is 9.19. The van der Waals surface area contributed by atoms with Gasteiger partial charge in [-0.05, 0) is 36.0 Å². The first-order chi connectivity index (χ1) is 8.63. The molecule has 0 spiro atoms. The molecule has 0 saturated heterocycles. The highest BCUT2D eigenvalue weighted by Crippen LogP contribution is 2.39. The van der Waals surface area contributed by atoms with Crippen LogP contribution in [0.3, 0.4) is 0 Å². The number of aliphatic carboxylic acids is 1. The lowest BCUT2D eigenvalue weighted by Crippen LogP contribution is -2.28. The number of benzene rings is 1. The van der Waals surface area contributed by atoms with E-state index in [1.54, 1.807) is 17.4 Å². The van der Waals surface area contributed by atoms with Crippen molar-refractivity contribution in [2.75, 3.05) is 6.61 Å². The minimum absolute atomic E-state index is 0.428. The molecule has 1 aliphatic carbocycles. The topological polar surface area (TPSA) is 65.2 Å². The Morgan fingerprint density at radius 3 is 3.17 bits per heavy atom. The number of carboxylic acids is 1. The van der Waals surface area contributed by atoms with Gasteiger partial charge in [-0.1, -0.05) is 0 Å². The Kier molecular flexibility index (Phi) is 2.68. The van der Waals surface area contributed by atoms with Gasteiger partial charge in [0.15, 0.2) is 3.95 Å². The molecule has 0 amide bonds. The number of thiazole rings is 1. The van der Waals surface area contributed by atoms with Crippen LogP contribution in [0, 0.1) is 3.95 Å². The normalized spacial score (nSPS) is 12.0. The second kappa shape index (κ2) is 4.22. The smallest absolute Gasteiger partial charge is 0.159 e. The van der Waals surface area contributed by atoms with E-state index in [9.17, 15) is 9.90 Å². The summed E-state index contributed by atoms with van der Waals surface area (Å²) in [4.78, 5) is 14.7. The van der Waals surface area contributed by atoms with Crippen molar-refractivity contribution in [3.05, 3.63) is 32.6 Å². The van der Waals surface area contributed by atoms with Crippen molar-refractivity contribution in [1.29, 1.82) is 0 Å². The first kappa shape index (κ1) is 11.4. The molecule has 0 fully saturated rings. The third-order valence-electron chi connectivity index (χ3n) is 2.78. The van der Waals surface area contributed by atoms with Crippen molar-refractivity contribution in [3.63, 3.8) is 0 Å². The monoisotopic (exact) mass is 278 g/mol. The Morgan fingerprint density at radius 1 is 1.56 bits per heavy atom. The number of carbonyl (C=O) groups is 1. The second-order valence-corrected chi connectivity index (χ2v) is 5.74. The average molecular weight is 278 g/mol. The number of hydrogen-bond acceptors (Lipinski definition) is 5. The van der Waals surface area contributed by atoms with E-state index in [1.807, 2.05) is 12.1 Å². The van der Waals surface area contributed by atoms with E-state index < -0.39 is 12.6 Å². The van der Waals surface area contributed by atoms with Crippen LogP contribution in [-0.4, -0.2) is 17.6 Å². The number of carbonyl (C=O) groups excluding carboxylic acids is 1. The molecule has 0 radical (unpaired) electrons. The minimum atomic E-state index is -1.22. The molecule has 1 aromatic heterocycles. The molecule has 1 N–H and O–H groups in total. The number of hydrogen-bond donors (Lipinski definition) is 1. The van der Waals surface area contributed by atoms with Crippen molar-refractivity contribution < 1.29 is 14.6 Å². The van der Waals surface area contributed by atoms with Gasteiger partial charge in [-0.2, -0.15) is 0 Å². The zero-order chi connectivity index (χ0) is 12.7. The van der Waals surface area contributed by atoms with Crippen LogP contribution in [0.2, 0.25) is 0 Å². The van der Waals surface area contributed by atoms with Crippen molar-refractivity contribution in [1.82, 2.24) is 4.98 Å². The summed E-state index contributed by atoms with van der Waals surface area (Å²) >= 11 is 6.68. The number of carboxylic acid groups (broad SMARTS) is 1. The lowest BCUT2D eigenvalue weighted by atomic mass is 10.1. The van der Waals surface area contributed by atoms with E-state index in [-0.39, 0.29) is 0 Å². The van der Waals surface area contributed by atoms with Crippen LogP contribution in [0.4, 0.5) is 0 Å². The Balaban J connectivity index is 1.92. The van der Waals surface area contributed by atoms with Gasteiger partial charge in [-0.3, -0.25) is 0 Å². The maximum Gasteiger partial charge on any atom is 0.159 e. The molecule has 0 atom stereocenters. The van der Waals surface area contributed by atoms with Gasteiger partial charge in [0, 0.05) is 16.9 Å². The fourth-order valence-corrected chi connectivity index (χ4v) is 3.34. The van der Waals surface area contributed by atoms with Crippen molar-refractivity contribution in [3.8, 4) is 17.0 Å². The zero-order valence-corrected chi connectivity index (χ0v) is 10.8. The summed E-state index contributed by atoms with van der Waals surface area (Å²) in [7, 11) is 0. The maximum atomic E-state index is 10.3. The largest absolute Gasteiger partial charge is 0.546 e.